The van der Waals surface area contributed by atoms with Crippen molar-refractivity contribution in [2.45, 2.75) is 38.3 Å². The van der Waals surface area contributed by atoms with Gasteiger partial charge in [0.15, 0.2) is 5.43 Å². The summed E-state index contributed by atoms with van der Waals surface area (Å²) in [4.78, 5) is 25.2. The highest BCUT2D eigenvalue weighted by Crippen LogP contribution is 2.39. The Labute approximate surface area is 232 Å². The van der Waals surface area contributed by atoms with Crippen LogP contribution in [-0.4, -0.2) is 50.7 Å². The van der Waals surface area contributed by atoms with Gasteiger partial charge in [0.25, 0.3) is 0 Å². The zero-order valence-electron chi connectivity index (χ0n) is 21.9. The molecule has 0 aliphatic heterocycles. The van der Waals surface area contributed by atoms with Crippen LogP contribution >= 0.6 is 11.6 Å². The Bertz CT molecular complexity index is 1250. The van der Waals surface area contributed by atoms with Gasteiger partial charge in [0.05, 0.1) is 30.4 Å². The van der Waals surface area contributed by atoms with Crippen molar-refractivity contribution in [2.75, 3.05) is 33.5 Å². The molecule has 0 unspecified atom stereocenters. The summed E-state index contributed by atoms with van der Waals surface area (Å²) in [6.45, 7) is 1.23. The molecular weight excluding hydrogens is 526 g/mol. The molecule has 1 aromatic heterocycles. The number of esters is 1. The van der Waals surface area contributed by atoms with Crippen molar-refractivity contribution in [3.8, 4) is 22.8 Å². The van der Waals surface area contributed by atoms with Gasteiger partial charge in [-0.25, -0.2) is 4.79 Å². The van der Waals surface area contributed by atoms with Crippen LogP contribution in [-0.2, 0) is 16.1 Å². The van der Waals surface area contributed by atoms with Gasteiger partial charge in [-0.1, -0.05) is 41.9 Å². The van der Waals surface area contributed by atoms with E-state index in [0.29, 0.717) is 61.0 Å². The zero-order valence-corrected chi connectivity index (χ0v) is 22.7. The minimum absolute atomic E-state index is 0.0957. The number of ether oxygens (including phenoxy) is 4. The fraction of sp³-hybridized carbons (Fsp3) is 0.379. The van der Waals surface area contributed by atoms with E-state index >= 15 is 0 Å². The number of carbonyl (C=O) groups is 1. The van der Waals surface area contributed by atoms with E-state index in [4.69, 9.17) is 45.8 Å². The van der Waals surface area contributed by atoms with Gasteiger partial charge in [-0.05, 0) is 30.9 Å². The number of aliphatic hydroxyl groups excluding tert-OH is 1. The highest BCUT2D eigenvalue weighted by atomic mass is 35.5. The fourth-order valence-corrected chi connectivity index (χ4v) is 3.84. The predicted molar refractivity (Wildman–Crippen MR) is 147 cm³/mol. The molecule has 3 aromatic rings. The molecule has 1 heterocycles. The Hall–Kier alpha value is -3.37. The molecule has 2 aromatic carbocycles. The topological polar surface area (TPSA) is 130 Å². The Morgan fingerprint density at radius 1 is 1.03 bits per heavy atom. The van der Waals surface area contributed by atoms with E-state index in [1.165, 1.54) is 6.07 Å². The molecule has 0 amide bonds. The number of aliphatic hydroxyl groups is 1. The third-order valence-electron chi connectivity index (χ3n) is 5.78. The lowest BCUT2D eigenvalue weighted by Gasteiger charge is -2.15. The average molecular weight is 560 g/mol. The summed E-state index contributed by atoms with van der Waals surface area (Å²) in [6, 6.07) is 13.7. The quantitative estimate of drug-likeness (QED) is 0.191. The molecule has 0 saturated carbocycles. The Balaban J connectivity index is 1.77. The van der Waals surface area contributed by atoms with E-state index in [1.807, 2.05) is 30.3 Å². The van der Waals surface area contributed by atoms with Crippen LogP contribution in [0.2, 0.25) is 5.02 Å². The van der Waals surface area contributed by atoms with E-state index in [1.54, 1.807) is 19.2 Å². The standard InChI is InChI=1S/C29H34ClNO8/c1-35-11-7-13-36-28-16-27(38-18-20-8-3-2-4-9-20)22(14-24(28)30)26-15-25(33)23(19-39-26)29(34)37-12-6-5-10-21(31)17-32/h2-4,8-9,14-16,19,21,32H,5-7,10-13,17-18,31H2,1H3/t21-/m1/s1. The average Bonchev–Trinajstić information content (AvgIpc) is 2.95. The minimum Gasteiger partial charge on any atom is -0.492 e. The van der Waals surface area contributed by atoms with Crippen LogP contribution in [0, 0.1) is 0 Å². The summed E-state index contributed by atoms with van der Waals surface area (Å²) >= 11 is 6.49. The molecule has 1 atom stereocenters. The molecule has 0 aliphatic carbocycles. The number of halogens is 1. The summed E-state index contributed by atoms with van der Waals surface area (Å²) < 4.78 is 27.8. The van der Waals surface area contributed by atoms with E-state index in [9.17, 15) is 9.59 Å². The van der Waals surface area contributed by atoms with E-state index in [-0.39, 0.29) is 37.2 Å². The van der Waals surface area contributed by atoms with Crippen LogP contribution in [0.25, 0.3) is 11.3 Å². The molecule has 39 heavy (non-hydrogen) atoms. The fourth-order valence-electron chi connectivity index (χ4n) is 3.62. The first-order valence-electron chi connectivity index (χ1n) is 12.7. The summed E-state index contributed by atoms with van der Waals surface area (Å²) in [7, 11) is 1.62. The van der Waals surface area contributed by atoms with Crippen molar-refractivity contribution >= 4 is 17.6 Å². The maximum absolute atomic E-state index is 12.8. The Morgan fingerprint density at radius 2 is 1.82 bits per heavy atom. The lowest BCUT2D eigenvalue weighted by atomic mass is 10.1. The second-order valence-electron chi connectivity index (χ2n) is 8.84. The van der Waals surface area contributed by atoms with Crippen LogP contribution < -0.4 is 20.6 Å². The Kier molecular flexibility index (Phi) is 12.3. The predicted octanol–water partition coefficient (Wildman–Crippen LogP) is 4.60. The van der Waals surface area contributed by atoms with Crippen molar-refractivity contribution in [3.63, 3.8) is 0 Å². The molecule has 9 nitrogen and oxygen atoms in total. The number of nitrogens with two attached hydrogens (primary N) is 1. The maximum atomic E-state index is 12.8. The number of methoxy groups -OCH3 is 1. The van der Waals surface area contributed by atoms with Crippen LogP contribution in [0.5, 0.6) is 11.5 Å². The van der Waals surface area contributed by atoms with Crippen molar-refractivity contribution in [3.05, 3.63) is 81.2 Å². The number of carbonyl (C=O) groups excluding carboxylic acids is 1. The number of unbranched alkanes of at least 4 members (excludes halogenated alkanes) is 1. The molecule has 0 spiro atoms. The highest BCUT2D eigenvalue weighted by molar-refractivity contribution is 6.32. The number of benzene rings is 2. The second-order valence-corrected chi connectivity index (χ2v) is 9.25. The van der Waals surface area contributed by atoms with Gasteiger partial charge in [-0.2, -0.15) is 0 Å². The third kappa shape index (κ3) is 9.40. The summed E-state index contributed by atoms with van der Waals surface area (Å²) in [5.74, 6) is 0.206. The van der Waals surface area contributed by atoms with E-state index in [2.05, 4.69) is 0 Å². The molecule has 210 valence electrons. The summed E-state index contributed by atoms with van der Waals surface area (Å²) in [6.07, 6.45) is 3.60. The van der Waals surface area contributed by atoms with Crippen LogP contribution in [0.1, 0.15) is 41.6 Å². The lowest BCUT2D eigenvalue weighted by molar-refractivity contribution is 0.0492. The first-order chi connectivity index (χ1) is 18.9. The Morgan fingerprint density at radius 3 is 2.54 bits per heavy atom. The summed E-state index contributed by atoms with van der Waals surface area (Å²) in [5.41, 5.74) is 6.25. The molecule has 0 fully saturated rings. The van der Waals surface area contributed by atoms with Gasteiger partial charge < -0.3 is 34.2 Å². The maximum Gasteiger partial charge on any atom is 0.345 e. The third-order valence-corrected chi connectivity index (χ3v) is 6.07. The molecule has 0 aliphatic rings. The normalized spacial score (nSPS) is 11.7. The zero-order chi connectivity index (χ0) is 28.0. The van der Waals surface area contributed by atoms with Gasteiger partial charge in [-0.3, -0.25) is 4.79 Å². The highest BCUT2D eigenvalue weighted by Gasteiger charge is 2.19. The molecule has 0 saturated heterocycles. The van der Waals surface area contributed by atoms with Crippen molar-refractivity contribution < 1.29 is 33.3 Å². The summed E-state index contributed by atoms with van der Waals surface area (Å²) in [5, 5.41) is 9.27. The molecular formula is C29H34ClNO8. The van der Waals surface area contributed by atoms with Crippen molar-refractivity contribution in [1.82, 2.24) is 0 Å². The molecule has 0 radical (unpaired) electrons. The largest absolute Gasteiger partial charge is 0.492 e. The molecule has 10 heteroatoms. The number of hydrogen-bond donors (Lipinski definition) is 2. The first-order valence-corrected chi connectivity index (χ1v) is 13.1. The van der Waals surface area contributed by atoms with Crippen molar-refractivity contribution in [2.24, 2.45) is 5.73 Å². The monoisotopic (exact) mass is 559 g/mol. The van der Waals surface area contributed by atoms with Gasteiger partial charge in [0, 0.05) is 38.3 Å². The number of hydrogen-bond acceptors (Lipinski definition) is 9. The van der Waals surface area contributed by atoms with Crippen LogP contribution in [0.15, 0.2) is 64.0 Å². The smallest absolute Gasteiger partial charge is 0.345 e. The van der Waals surface area contributed by atoms with Gasteiger partial charge in [-0.15, -0.1) is 0 Å². The molecule has 3 N–H and O–H groups in total. The van der Waals surface area contributed by atoms with Crippen LogP contribution in [0.4, 0.5) is 0 Å². The molecule has 3 rings (SSSR count). The van der Waals surface area contributed by atoms with Gasteiger partial charge >= 0.3 is 5.97 Å². The molecule has 0 bridgehead atoms. The van der Waals surface area contributed by atoms with Crippen LogP contribution in [0.3, 0.4) is 0 Å². The van der Waals surface area contributed by atoms with Crippen molar-refractivity contribution in [1.29, 1.82) is 0 Å². The minimum atomic E-state index is -0.778. The SMILES string of the molecule is COCCCOc1cc(OCc2ccccc2)c(-c2cc(=O)c(C(=O)OCCCC[C@@H](N)CO)co2)cc1Cl. The van der Waals surface area contributed by atoms with Gasteiger partial charge in [0.2, 0.25) is 0 Å². The first kappa shape index (κ1) is 30.2. The lowest BCUT2D eigenvalue weighted by Crippen LogP contribution is -2.24. The van der Waals surface area contributed by atoms with E-state index < -0.39 is 11.4 Å². The second kappa shape index (κ2) is 15.9. The van der Waals surface area contributed by atoms with Gasteiger partial charge in [0.1, 0.15) is 35.7 Å². The van der Waals surface area contributed by atoms with E-state index in [0.717, 1.165) is 11.8 Å². The number of rotatable bonds is 16.